The molecule has 1 fully saturated rings. The second-order valence-corrected chi connectivity index (χ2v) is 4.82. The van der Waals surface area contributed by atoms with Crippen LogP contribution in [0.25, 0.3) is 0 Å². The molecule has 0 unspecified atom stereocenters. The smallest absolute Gasteiger partial charge is 0 e. The third kappa shape index (κ3) is 4.07. The van der Waals surface area contributed by atoms with Crippen molar-refractivity contribution in [2.45, 2.75) is 39.5 Å². The maximum absolute atomic E-state index is 3.59. The maximum atomic E-state index is 3.59. The Morgan fingerprint density at radius 3 is 2.53 bits per heavy atom. The first kappa shape index (κ1) is 14.6. The summed E-state index contributed by atoms with van der Waals surface area (Å²) in [7, 11) is 0. The van der Waals surface area contributed by atoms with Crippen LogP contribution in [0.4, 0.5) is 0 Å². The SMILES string of the molecule is CCCC[C-]=C1[C@@H](C)[C@H]1Cc1ccccc1.[Zn]. The molecule has 0 aliphatic heterocycles. The van der Waals surface area contributed by atoms with Crippen LogP contribution >= 0.6 is 0 Å². The van der Waals surface area contributed by atoms with Crippen molar-refractivity contribution in [1.29, 1.82) is 0 Å². The van der Waals surface area contributed by atoms with Crippen molar-refractivity contribution < 1.29 is 19.5 Å². The Morgan fingerprint density at radius 2 is 1.88 bits per heavy atom. The number of unbranched alkanes of at least 4 members (excludes halogenated alkanes) is 2. The molecule has 17 heavy (non-hydrogen) atoms. The molecule has 1 aliphatic rings. The van der Waals surface area contributed by atoms with Gasteiger partial charge in [-0.05, 0) is 17.9 Å². The van der Waals surface area contributed by atoms with E-state index in [1.54, 1.807) is 5.57 Å². The molecule has 1 aromatic rings. The molecule has 0 aromatic heterocycles. The van der Waals surface area contributed by atoms with Crippen molar-refractivity contribution in [3.8, 4) is 0 Å². The van der Waals surface area contributed by atoms with E-state index in [4.69, 9.17) is 0 Å². The van der Waals surface area contributed by atoms with Gasteiger partial charge in [-0.3, -0.25) is 0 Å². The van der Waals surface area contributed by atoms with Gasteiger partial charge in [-0.25, -0.2) is 5.57 Å². The van der Waals surface area contributed by atoms with E-state index in [0.717, 1.165) is 18.3 Å². The van der Waals surface area contributed by atoms with Gasteiger partial charge in [0.25, 0.3) is 0 Å². The van der Waals surface area contributed by atoms with Gasteiger partial charge >= 0.3 is 0 Å². The van der Waals surface area contributed by atoms with E-state index in [2.05, 4.69) is 50.3 Å². The summed E-state index contributed by atoms with van der Waals surface area (Å²) >= 11 is 0. The molecule has 0 nitrogen and oxygen atoms in total. The van der Waals surface area contributed by atoms with Crippen LogP contribution in [0.1, 0.15) is 38.7 Å². The number of allylic oxidation sites excluding steroid dienone is 2. The van der Waals surface area contributed by atoms with Crippen LogP contribution in [0.3, 0.4) is 0 Å². The summed E-state index contributed by atoms with van der Waals surface area (Å²) in [5.41, 5.74) is 3.05. The Labute approximate surface area is 118 Å². The van der Waals surface area contributed by atoms with Crippen LogP contribution in [0.15, 0.2) is 35.9 Å². The summed E-state index contributed by atoms with van der Waals surface area (Å²) in [5, 5.41) is 0. The van der Waals surface area contributed by atoms with Gasteiger partial charge in [0.05, 0.1) is 0 Å². The molecule has 0 N–H and O–H groups in total. The molecule has 0 saturated heterocycles. The molecule has 1 heteroatoms. The zero-order valence-corrected chi connectivity index (χ0v) is 14.0. The third-order valence-corrected chi connectivity index (χ3v) is 3.54. The molecule has 0 spiro atoms. The van der Waals surface area contributed by atoms with Crippen LogP contribution in [-0.4, -0.2) is 0 Å². The van der Waals surface area contributed by atoms with Crippen molar-refractivity contribution in [1.82, 2.24) is 0 Å². The van der Waals surface area contributed by atoms with Gasteiger partial charge < -0.3 is 6.08 Å². The Hall–Kier alpha value is -0.417. The summed E-state index contributed by atoms with van der Waals surface area (Å²) in [6, 6.07) is 10.8. The van der Waals surface area contributed by atoms with Crippen LogP contribution < -0.4 is 0 Å². The molecular weight excluding hydrogens is 258 g/mol. The zero-order chi connectivity index (χ0) is 11.4. The topological polar surface area (TPSA) is 0 Å². The predicted octanol–water partition coefficient (Wildman–Crippen LogP) is 4.41. The largest absolute Gasteiger partial charge is 0.497 e. The van der Waals surface area contributed by atoms with Gasteiger partial charge in [0.15, 0.2) is 0 Å². The minimum atomic E-state index is 0. The number of rotatable bonds is 5. The second-order valence-electron chi connectivity index (χ2n) is 4.82. The fourth-order valence-corrected chi connectivity index (χ4v) is 2.32. The molecule has 88 valence electrons. The number of hydrogen-bond donors (Lipinski definition) is 0. The molecule has 2 rings (SSSR count). The van der Waals surface area contributed by atoms with E-state index >= 15 is 0 Å². The van der Waals surface area contributed by atoms with E-state index < -0.39 is 0 Å². The summed E-state index contributed by atoms with van der Waals surface area (Å²) in [4.78, 5) is 0. The van der Waals surface area contributed by atoms with Crippen molar-refractivity contribution in [2.24, 2.45) is 11.8 Å². The number of benzene rings is 1. The second kappa shape index (κ2) is 7.11. The average Bonchev–Trinajstić information content (AvgIpc) is 2.91. The first-order valence-electron chi connectivity index (χ1n) is 6.47. The molecule has 0 amide bonds. The van der Waals surface area contributed by atoms with Crippen molar-refractivity contribution in [2.75, 3.05) is 0 Å². The predicted molar refractivity (Wildman–Crippen MR) is 69.1 cm³/mol. The minimum absolute atomic E-state index is 0. The quantitative estimate of drug-likeness (QED) is 0.425. The zero-order valence-electron chi connectivity index (χ0n) is 11.1. The molecule has 1 aliphatic carbocycles. The van der Waals surface area contributed by atoms with Gasteiger partial charge in [-0.15, -0.1) is 0 Å². The van der Waals surface area contributed by atoms with E-state index in [0.29, 0.717) is 0 Å². The van der Waals surface area contributed by atoms with E-state index in [9.17, 15) is 0 Å². The Balaban J connectivity index is 0.00000144. The summed E-state index contributed by atoms with van der Waals surface area (Å²) in [5.74, 6) is 1.55. The van der Waals surface area contributed by atoms with Crippen molar-refractivity contribution in [3.05, 3.63) is 47.5 Å². The van der Waals surface area contributed by atoms with Crippen LogP contribution in [0.2, 0.25) is 0 Å². The first-order chi connectivity index (χ1) is 7.83. The fraction of sp³-hybridized carbons (Fsp3) is 0.500. The summed E-state index contributed by atoms with van der Waals surface area (Å²) in [6.45, 7) is 4.58. The molecule has 0 heterocycles. The normalized spacial score (nSPS) is 24.5. The van der Waals surface area contributed by atoms with Crippen LogP contribution in [-0.2, 0) is 25.9 Å². The maximum Gasteiger partial charge on any atom is 0 e. The van der Waals surface area contributed by atoms with Gasteiger partial charge in [0, 0.05) is 19.5 Å². The monoisotopic (exact) mass is 277 g/mol. The first-order valence-corrected chi connectivity index (χ1v) is 6.47. The van der Waals surface area contributed by atoms with Crippen molar-refractivity contribution in [3.63, 3.8) is 0 Å². The van der Waals surface area contributed by atoms with E-state index in [1.165, 1.54) is 24.8 Å². The summed E-state index contributed by atoms with van der Waals surface area (Å²) < 4.78 is 0. The Kier molecular flexibility index (Phi) is 6.13. The van der Waals surface area contributed by atoms with Gasteiger partial charge in [-0.1, -0.05) is 62.9 Å². The van der Waals surface area contributed by atoms with Gasteiger partial charge in [-0.2, -0.15) is 6.42 Å². The third-order valence-electron chi connectivity index (χ3n) is 3.54. The van der Waals surface area contributed by atoms with Gasteiger partial charge in [0.1, 0.15) is 0 Å². The average molecular weight is 279 g/mol. The fourth-order valence-electron chi connectivity index (χ4n) is 2.32. The molecule has 0 radical (unpaired) electrons. The van der Waals surface area contributed by atoms with E-state index in [1.807, 2.05) is 0 Å². The standard InChI is InChI=1S/C16H21.Zn/c1-3-4-6-11-15-13(2)16(15)12-14-9-7-5-8-10-14;/h5,7-10,13,16H,3-4,6,12H2,1-2H3;/q-1;/t13-,16-;/m1./s1. The Morgan fingerprint density at radius 1 is 1.18 bits per heavy atom. The minimum Gasteiger partial charge on any atom is -0.497 e. The van der Waals surface area contributed by atoms with Crippen molar-refractivity contribution >= 4 is 0 Å². The molecular formula is C16H21Zn-. The molecule has 2 atom stereocenters. The van der Waals surface area contributed by atoms with E-state index in [-0.39, 0.29) is 19.5 Å². The molecule has 1 saturated carbocycles. The summed E-state index contributed by atoms with van der Waals surface area (Å²) in [6.07, 6.45) is 8.52. The Bertz CT molecular complexity index is 353. The van der Waals surface area contributed by atoms with Gasteiger partial charge in [0.2, 0.25) is 0 Å². The number of hydrogen-bond acceptors (Lipinski definition) is 0. The van der Waals surface area contributed by atoms with Crippen LogP contribution in [0, 0.1) is 17.9 Å². The van der Waals surface area contributed by atoms with Crippen LogP contribution in [0.5, 0.6) is 0 Å². The molecule has 1 aromatic carbocycles. The molecule has 0 bridgehead atoms.